The molecule has 3 aliphatic carbocycles. The van der Waals surface area contributed by atoms with Crippen LogP contribution in [0.2, 0.25) is 0 Å². The minimum atomic E-state index is -4.06. The van der Waals surface area contributed by atoms with E-state index in [1.54, 1.807) is 11.0 Å². The number of nitrogens with zero attached hydrogens (tertiary/aromatic N) is 3. The molecule has 0 aromatic heterocycles. The van der Waals surface area contributed by atoms with Crippen LogP contribution in [0.1, 0.15) is 82.3 Å². The lowest BCUT2D eigenvalue weighted by Crippen LogP contribution is -2.60. The number of piperazine rings is 1. The van der Waals surface area contributed by atoms with E-state index in [0.29, 0.717) is 50.4 Å². The second-order valence-corrected chi connectivity index (χ2v) is 14.7. The van der Waals surface area contributed by atoms with Crippen molar-refractivity contribution in [1.29, 1.82) is 0 Å². The first-order valence-electron chi connectivity index (χ1n) is 15.8. The van der Waals surface area contributed by atoms with Gasteiger partial charge in [-0.25, -0.2) is 0 Å². The number of amides is 2. The maximum Gasteiger partial charge on any atom is 0.380 e. The summed E-state index contributed by atoms with van der Waals surface area (Å²) in [6.07, 6.45) is 7.70. The molecule has 2 heterocycles. The molecule has 6 atom stereocenters. The van der Waals surface area contributed by atoms with Gasteiger partial charge in [-0.2, -0.15) is 13.6 Å². The summed E-state index contributed by atoms with van der Waals surface area (Å²) >= 11 is 0. The van der Waals surface area contributed by atoms with Crippen molar-refractivity contribution < 1.29 is 27.3 Å². The number of hydrogen-bond donors (Lipinski definition) is 2. The molecule has 2 aliphatic heterocycles. The summed E-state index contributed by atoms with van der Waals surface area (Å²) in [4.78, 5) is 31.7. The van der Waals surface area contributed by atoms with Gasteiger partial charge in [-0.15, -0.1) is 0 Å². The van der Waals surface area contributed by atoms with Gasteiger partial charge in [0.2, 0.25) is 11.8 Å². The van der Waals surface area contributed by atoms with Crippen LogP contribution in [0.25, 0.3) is 0 Å². The van der Waals surface area contributed by atoms with Crippen molar-refractivity contribution in [3.8, 4) is 5.75 Å². The highest BCUT2D eigenvalue weighted by Crippen LogP contribution is 2.64. The standard InChI is InChI=1S/C31H46N4O6S/c1-3-28(36)35-14-4-5-27(35)29(37)34-17-15-33(16-18-34)20-31(38)13-11-26-25-8-6-21-19-22(41-42(32,39)40)7-9-23(21)24(25)10-12-30(26,31)2/h7,9,19,24-27,38H,3-6,8,10-18,20H2,1-2H3,(H2,32,39,40)/t24-,25-,26+,27+,30+,31-/m1/s1. The van der Waals surface area contributed by atoms with E-state index < -0.39 is 15.9 Å². The Labute approximate surface area is 249 Å². The molecule has 1 aromatic carbocycles. The summed E-state index contributed by atoms with van der Waals surface area (Å²) in [5.41, 5.74) is 1.49. The molecule has 42 heavy (non-hydrogen) atoms. The van der Waals surface area contributed by atoms with Crippen LogP contribution < -0.4 is 9.32 Å². The second-order valence-electron chi connectivity index (χ2n) is 13.6. The first kappa shape index (κ1) is 29.8. The van der Waals surface area contributed by atoms with E-state index in [2.05, 4.69) is 11.8 Å². The number of carbonyl (C=O) groups is 2. The fourth-order valence-electron chi connectivity index (χ4n) is 9.35. The van der Waals surface area contributed by atoms with E-state index in [4.69, 9.17) is 9.32 Å². The monoisotopic (exact) mass is 602 g/mol. The third-order valence-electron chi connectivity index (χ3n) is 11.6. The van der Waals surface area contributed by atoms with Crippen molar-refractivity contribution in [2.24, 2.45) is 22.4 Å². The molecule has 0 radical (unpaired) electrons. The minimum absolute atomic E-state index is 0.0627. The third kappa shape index (κ3) is 5.24. The van der Waals surface area contributed by atoms with Gasteiger partial charge in [-0.1, -0.05) is 19.9 Å². The molecule has 0 unspecified atom stereocenters. The van der Waals surface area contributed by atoms with E-state index >= 15 is 0 Å². The van der Waals surface area contributed by atoms with Crippen LogP contribution in [0, 0.1) is 17.3 Å². The number of likely N-dealkylation sites (tertiary alicyclic amines) is 1. The van der Waals surface area contributed by atoms with Crippen LogP contribution in [0.15, 0.2) is 18.2 Å². The van der Waals surface area contributed by atoms with Gasteiger partial charge in [-0.05, 0) is 92.4 Å². The van der Waals surface area contributed by atoms with Crippen LogP contribution in [-0.4, -0.2) is 90.9 Å². The van der Waals surface area contributed by atoms with Crippen LogP contribution in [0.5, 0.6) is 5.75 Å². The first-order chi connectivity index (χ1) is 19.9. The maximum absolute atomic E-state index is 13.3. The van der Waals surface area contributed by atoms with Crippen molar-refractivity contribution >= 4 is 22.1 Å². The fourth-order valence-corrected chi connectivity index (χ4v) is 9.72. The molecule has 2 saturated heterocycles. The van der Waals surface area contributed by atoms with Crippen LogP contribution >= 0.6 is 0 Å². The average Bonchev–Trinajstić information content (AvgIpc) is 3.54. The van der Waals surface area contributed by atoms with Gasteiger partial charge in [0.05, 0.1) is 5.60 Å². The van der Waals surface area contributed by atoms with Gasteiger partial charge in [0.1, 0.15) is 11.8 Å². The summed E-state index contributed by atoms with van der Waals surface area (Å²) in [5.74, 6) is 1.74. The minimum Gasteiger partial charge on any atom is -0.388 e. The quantitative estimate of drug-likeness (QED) is 0.511. The zero-order valence-electron chi connectivity index (χ0n) is 25.0. The van der Waals surface area contributed by atoms with Crippen molar-refractivity contribution in [3.05, 3.63) is 29.3 Å². The molecule has 2 amide bonds. The first-order valence-corrected chi connectivity index (χ1v) is 17.3. The van der Waals surface area contributed by atoms with Gasteiger partial charge in [-0.3, -0.25) is 14.5 Å². The largest absolute Gasteiger partial charge is 0.388 e. The summed E-state index contributed by atoms with van der Waals surface area (Å²) in [6.45, 7) is 8.22. The lowest BCUT2D eigenvalue weighted by Gasteiger charge is -2.54. The summed E-state index contributed by atoms with van der Waals surface area (Å²) in [6, 6.07) is 5.23. The molecule has 0 bridgehead atoms. The van der Waals surface area contributed by atoms with E-state index in [0.717, 1.165) is 70.0 Å². The molecule has 0 spiro atoms. The topological polar surface area (TPSA) is 133 Å². The number of fused-ring (bicyclic) bond motifs is 5. The van der Waals surface area contributed by atoms with Crippen molar-refractivity contribution in [3.63, 3.8) is 0 Å². The van der Waals surface area contributed by atoms with Crippen molar-refractivity contribution in [2.45, 2.75) is 89.2 Å². The number of benzene rings is 1. The maximum atomic E-state index is 13.3. The molecule has 2 saturated carbocycles. The predicted octanol–water partition coefficient (Wildman–Crippen LogP) is 2.40. The Bertz CT molecular complexity index is 1330. The number of β-amino-alcohol motifs (C(OH)–C–C–N with tert-alkyl or cyclic N) is 1. The zero-order chi connectivity index (χ0) is 29.9. The molecule has 1 aromatic rings. The van der Waals surface area contributed by atoms with Crippen LogP contribution in [-0.2, 0) is 26.3 Å². The molecule has 5 aliphatic rings. The Balaban J connectivity index is 1.09. The van der Waals surface area contributed by atoms with Crippen molar-refractivity contribution in [2.75, 3.05) is 39.3 Å². The number of hydrogen-bond acceptors (Lipinski definition) is 7. The molecule has 11 heteroatoms. The van der Waals surface area contributed by atoms with Crippen LogP contribution in [0.3, 0.4) is 0 Å². The molecule has 10 nitrogen and oxygen atoms in total. The van der Waals surface area contributed by atoms with E-state index in [1.807, 2.05) is 24.0 Å². The Morgan fingerprint density at radius 1 is 1.07 bits per heavy atom. The Kier molecular flexibility index (Phi) is 7.85. The Hall–Kier alpha value is -2.21. The summed E-state index contributed by atoms with van der Waals surface area (Å²) in [5, 5.41) is 17.3. The lowest BCUT2D eigenvalue weighted by molar-refractivity contribution is -0.146. The number of nitrogens with two attached hydrogens (primary N) is 1. The Morgan fingerprint density at radius 2 is 1.83 bits per heavy atom. The SMILES string of the molecule is CCC(=O)N1CCC[C@H]1C(=O)N1CCN(C[C@]2(O)CC[C@H]3[C@@H]4CCc5cc(OS(N)(=O)=O)ccc5[C@H]4CC[C@@]32C)CC1. The molecule has 3 N–H and O–H groups in total. The molecular weight excluding hydrogens is 556 g/mol. The van der Waals surface area contributed by atoms with Gasteiger partial charge in [0, 0.05) is 51.1 Å². The third-order valence-corrected chi connectivity index (χ3v) is 12.0. The average molecular weight is 603 g/mol. The number of aliphatic hydroxyl groups is 1. The van der Waals surface area contributed by atoms with Crippen molar-refractivity contribution in [1.82, 2.24) is 14.7 Å². The second kappa shape index (κ2) is 11.1. The van der Waals surface area contributed by atoms with Gasteiger partial charge in [0.25, 0.3) is 0 Å². The van der Waals surface area contributed by atoms with Gasteiger partial charge in [0.15, 0.2) is 0 Å². The van der Waals surface area contributed by atoms with E-state index in [9.17, 15) is 23.1 Å². The molecule has 4 fully saturated rings. The van der Waals surface area contributed by atoms with E-state index in [-0.39, 0.29) is 29.0 Å². The van der Waals surface area contributed by atoms with Gasteiger partial charge >= 0.3 is 10.3 Å². The number of rotatable bonds is 6. The van der Waals surface area contributed by atoms with Gasteiger partial charge < -0.3 is 19.1 Å². The zero-order valence-corrected chi connectivity index (χ0v) is 25.8. The molecule has 6 rings (SSSR count). The summed E-state index contributed by atoms with van der Waals surface area (Å²) in [7, 11) is -4.06. The number of aryl methyl sites for hydroxylation is 1. The number of carbonyl (C=O) groups excluding carboxylic acids is 2. The highest BCUT2D eigenvalue weighted by Gasteiger charge is 2.61. The molecule has 232 valence electrons. The van der Waals surface area contributed by atoms with Crippen LogP contribution in [0.4, 0.5) is 0 Å². The highest BCUT2D eigenvalue weighted by molar-refractivity contribution is 7.84. The van der Waals surface area contributed by atoms with E-state index in [1.165, 1.54) is 5.56 Å². The smallest absolute Gasteiger partial charge is 0.380 e. The normalized spacial score (nSPS) is 35.0. The predicted molar refractivity (Wildman–Crippen MR) is 158 cm³/mol. The lowest BCUT2D eigenvalue weighted by atomic mass is 9.53. The summed E-state index contributed by atoms with van der Waals surface area (Å²) < 4.78 is 27.7. The molecular formula is C31H46N4O6S. The highest BCUT2D eigenvalue weighted by atomic mass is 32.2. The fraction of sp³-hybridized carbons (Fsp3) is 0.742. The Morgan fingerprint density at radius 3 is 2.55 bits per heavy atom.